The van der Waals surface area contributed by atoms with E-state index in [1.54, 1.807) is 25.1 Å². The van der Waals surface area contributed by atoms with Gasteiger partial charge in [0.1, 0.15) is 25.8 Å². The predicted molar refractivity (Wildman–Crippen MR) is 153 cm³/mol. The predicted octanol–water partition coefficient (Wildman–Crippen LogP) is 4.24. The highest BCUT2D eigenvalue weighted by molar-refractivity contribution is 9.10. The quantitative estimate of drug-likeness (QED) is 0.425. The summed E-state index contributed by atoms with van der Waals surface area (Å²) in [5, 5.41) is 3.11. The van der Waals surface area contributed by atoms with Gasteiger partial charge in [-0.15, -0.1) is 0 Å². The number of nitrogens with zero attached hydrogens (tertiary/aromatic N) is 2. The van der Waals surface area contributed by atoms with Crippen LogP contribution in [-0.2, 0) is 26.2 Å². The van der Waals surface area contributed by atoms with Crippen LogP contribution in [0, 0.1) is 0 Å². The van der Waals surface area contributed by atoms with Crippen LogP contribution >= 0.6 is 15.9 Å². The lowest BCUT2D eigenvalue weighted by atomic mass is 9.95. The van der Waals surface area contributed by atoms with Crippen LogP contribution < -0.4 is 19.1 Å². The molecule has 39 heavy (non-hydrogen) atoms. The van der Waals surface area contributed by atoms with Crippen molar-refractivity contribution in [1.82, 2.24) is 10.2 Å². The van der Waals surface area contributed by atoms with E-state index in [2.05, 4.69) is 21.2 Å². The molecule has 4 rings (SSSR count). The zero-order valence-corrected chi connectivity index (χ0v) is 24.8. The Hall–Kier alpha value is -2.79. The van der Waals surface area contributed by atoms with E-state index < -0.39 is 28.5 Å². The third-order valence-corrected chi connectivity index (χ3v) is 9.39. The number of carbonyl (C=O) groups excluding carboxylic acids is 2. The molecule has 0 unspecified atom stereocenters. The highest BCUT2D eigenvalue weighted by Gasteiger charge is 2.32. The molecule has 9 nitrogen and oxygen atoms in total. The molecule has 0 spiro atoms. The summed E-state index contributed by atoms with van der Waals surface area (Å²) in [5.41, 5.74) is 1.12. The molecular weight excluding hydrogens is 586 g/mol. The van der Waals surface area contributed by atoms with Gasteiger partial charge in [0.2, 0.25) is 21.8 Å². The number of benzene rings is 2. The molecule has 0 saturated heterocycles. The molecule has 0 radical (unpaired) electrons. The number of carbonyl (C=O) groups is 2. The second-order valence-corrected chi connectivity index (χ2v) is 13.0. The minimum atomic E-state index is -3.84. The minimum Gasteiger partial charge on any atom is -0.486 e. The van der Waals surface area contributed by atoms with Crippen LogP contribution in [0.3, 0.4) is 0 Å². The average molecular weight is 623 g/mol. The summed E-state index contributed by atoms with van der Waals surface area (Å²) in [6.45, 7) is 3.68. The molecule has 0 aromatic heterocycles. The molecule has 0 bridgehead atoms. The number of ether oxygens (including phenoxy) is 2. The lowest BCUT2D eigenvalue weighted by Crippen LogP contribution is -2.53. The van der Waals surface area contributed by atoms with E-state index in [1.165, 1.54) is 11.8 Å². The summed E-state index contributed by atoms with van der Waals surface area (Å²) in [4.78, 5) is 28.6. The summed E-state index contributed by atoms with van der Waals surface area (Å²) >= 11 is 3.46. The van der Waals surface area contributed by atoms with Gasteiger partial charge in [0.25, 0.3) is 0 Å². The number of fused-ring (bicyclic) bond motifs is 1. The fraction of sp³-hybridized carbons (Fsp3) is 0.500. The van der Waals surface area contributed by atoms with Crippen molar-refractivity contribution in [2.75, 3.05) is 29.8 Å². The molecule has 2 aliphatic rings. The fourth-order valence-electron chi connectivity index (χ4n) is 4.89. The lowest BCUT2D eigenvalue weighted by Gasteiger charge is -2.33. The molecule has 212 valence electrons. The van der Waals surface area contributed by atoms with Crippen molar-refractivity contribution in [3.05, 3.63) is 52.5 Å². The number of hydrogen-bond acceptors (Lipinski definition) is 6. The molecule has 1 saturated carbocycles. The number of hydrogen-bond donors (Lipinski definition) is 1. The number of amides is 2. The molecule has 1 atom stereocenters. The summed E-state index contributed by atoms with van der Waals surface area (Å²) in [6, 6.07) is 11.6. The molecule has 1 heterocycles. The Morgan fingerprint density at radius 3 is 2.46 bits per heavy atom. The van der Waals surface area contributed by atoms with Crippen molar-refractivity contribution < 1.29 is 27.5 Å². The van der Waals surface area contributed by atoms with E-state index in [9.17, 15) is 18.0 Å². The van der Waals surface area contributed by atoms with Gasteiger partial charge in [0.05, 0.1) is 11.4 Å². The van der Waals surface area contributed by atoms with Crippen molar-refractivity contribution in [2.24, 2.45) is 0 Å². The molecular formula is C28H36BrN3O6S. The Bertz CT molecular complexity index is 1280. The van der Waals surface area contributed by atoms with E-state index in [4.69, 9.17) is 9.47 Å². The summed E-state index contributed by atoms with van der Waals surface area (Å²) < 4.78 is 39.5. The van der Waals surface area contributed by atoms with Crippen molar-refractivity contribution in [3.63, 3.8) is 0 Å². The second kappa shape index (κ2) is 13.0. The van der Waals surface area contributed by atoms with Crippen molar-refractivity contribution in [2.45, 2.75) is 64.6 Å². The maximum absolute atomic E-state index is 13.9. The monoisotopic (exact) mass is 621 g/mol. The van der Waals surface area contributed by atoms with Crippen molar-refractivity contribution in [1.29, 1.82) is 0 Å². The van der Waals surface area contributed by atoms with Gasteiger partial charge in [-0.25, -0.2) is 8.42 Å². The fourth-order valence-corrected chi connectivity index (χ4v) is 6.39. The topological polar surface area (TPSA) is 105 Å². The third kappa shape index (κ3) is 7.45. The van der Waals surface area contributed by atoms with Gasteiger partial charge in [0, 0.05) is 23.1 Å². The van der Waals surface area contributed by atoms with Gasteiger partial charge < -0.3 is 19.7 Å². The third-order valence-electron chi connectivity index (χ3n) is 7.15. The van der Waals surface area contributed by atoms with Crippen LogP contribution in [0.15, 0.2) is 46.9 Å². The van der Waals surface area contributed by atoms with Crippen LogP contribution in [0.4, 0.5) is 5.69 Å². The number of nitrogens with one attached hydrogen (secondary N) is 1. The van der Waals surface area contributed by atoms with Crippen molar-refractivity contribution >= 4 is 43.5 Å². The normalized spacial score (nSPS) is 16.3. The van der Waals surface area contributed by atoms with Crippen LogP contribution in [0.2, 0.25) is 0 Å². The van der Waals surface area contributed by atoms with Crippen molar-refractivity contribution in [3.8, 4) is 11.5 Å². The first-order chi connectivity index (χ1) is 18.7. The number of anilines is 1. The largest absolute Gasteiger partial charge is 0.486 e. The first-order valence-electron chi connectivity index (χ1n) is 13.4. The van der Waals surface area contributed by atoms with Gasteiger partial charge in [-0.3, -0.25) is 13.9 Å². The SMILES string of the molecule is CCS(=O)(=O)N(CC(=O)N(Cc1cccc(Br)c1)[C@H](C)C(=O)NC1CCCCC1)c1ccc2c(c1)OCCO2. The summed E-state index contributed by atoms with van der Waals surface area (Å²) in [7, 11) is -3.84. The van der Waals surface area contributed by atoms with Crippen LogP contribution in [-0.4, -0.2) is 62.7 Å². The lowest BCUT2D eigenvalue weighted by molar-refractivity contribution is -0.139. The van der Waals surface area contributed by atoms with Gasteiger partial charge in [0.15, 0.2) is 11.5 Å². The Kier molecular flexibility index (Phi) is 9.76. The maximum atomic E-state index is 13.9. The van der Waals surface area contributed by atoms with E-state index in [1.807, 2.05) is 24.3 Å². The van der Waals surface area contributed by atoms with E-state index in [-0.39, 0.29) is 24.2 Å². The second-order valence-electron chi connectivity index (χ2n) is 9.91. The van der Waals surface area contributed by atoms with Gasteiger partial charge >= 0.3 is 0 Å². The van der Waals surface area contributed by atoms with Gasteiger partial charge in [-0.05, 0) is 56.5 Å². The van der Waals surface area contributed by atoms with Crippen LogP contribution in [0.5, 0.6) is 11.5 Å². The average Bonchev–Trinajstić information content (AvgIpc) is 2.94. The summed E-state index contributed by atoms with van der Waals surface area (Å²) in [5.74, 6) is 0.0313. The highest BCUT2D eigenvalue weighted by Crippen LogP contribution is 2.35. The highest BCUT2D eigenvalue weighted by atomic mass is 79.9. The molecule has 2 aromatic carbocycles. The van der Waals surface area contributed by atoms with Crippen LogP contribution in [0.1, 0.15) is 51.5 Å². The first-order valence-corrected chi connectivity index (χ1v) is 15.8. The number of halogens is 1. The molecule has 2 aromatic rings. The zero-order valence-electron chi connectivity index (χ0n) is 22.4. The number of rotatable bonds is 10. The van der Waals surface area contributed by atoms with Crippen LogP contribution in [0.25, 0.3) is 0 Å². The van der Waals surface area contributed by atoms with Gasteiger partial charge in [-0.1, -0.05) is 47.3 Å². The molecule has 1 aliphatic carbocycles. The Labute approximate surface area is 239 Å². The van der Waals surface area contributed by atoms with E-state index >= 15 is 0 Å². The molecule has 2 amide bonds. The minimum absolute atomic E-state index is 0.0891. The zero-order chi connectivity index (χ0) is 28.0. The molecule has 1 N–H and O–H groups in total. The number of sulfonamides is 1. The van der Waals surface area contributed by atoms with E-state index in [0.29, 0.717) is 30.4 Å². The Morgan fingerprint density at radius 2 is 1.77 bits per heavy atom. The Morgan fingerprint density at radius 1 is 1.05 bits per heavy atom. The molecule has 11 heteroatoms. The maximum Gasteiger partial charge on any atom is 0.244 e. The Balaban J connectivity index is 1.61. The van der Waals surface area contributed by atoms with E-state index in [0.717, 1.165) is 46.4 Å². The summed E-state index contributed by atoms with van der Waals surface area (Å²) in [6.07, 6.45) is 5.14. The smallest absolute Gasteiger partial charge is 0.244 e. The standard InChI is InChI=1S/C28H36BrN3O6S/c1-3-39(35,36)32(24-12-13-25-26(17-24)38-15-14-37-25)19-27(33)31(18-21-8-7-9-22(29)16-21)20(2)28(34)30-23-10-5-4-6-11-23/h7-9,12-13,16-17,20,23H,3-6,10-11,14-15,18-19H2,1-2H3,(H,30,34)/t20-/m1/s1. The molecule has 1 fully saturated rings. The molecule has 1 aliphatic heterocycles. The van der Waals surface area contributed by atoms with Gasteiger partial charge in [-0.2, -0.15) is 0 Å². The first kappa shape index (κ1) is 29.2.